The molecule has 0 spiro atoms. The smallest absolute Gasteiger partial charge is 0.0164 e. The minimum atomic E-state index is 0.232. The van der Waals surface area contributed by atoms with Crippen LogP contribution in [0.1, 0.15) is 51.2 Å². The monoisotopic (exact) mass is 326 g/mol. The molecule has 0 aliphatic heterocycles. The highest BCUT2D eigenvalue weighted by atomic mass is 14.6. The minimum Gasteiger partial charge on any atom is -0.0738 e. The van der Waals surface area contributed by atoms with Crippen molar-refractivity contribution in [3.8, 4) is 11.1 Å². The summed E-state index contributed by atoms with van der Waals surface area (Å²) in [6.07, 6.45) is 6.24. The molecule has 0 aromatic heterocycles. The molecule has 25 heavy (non-hydrogen) atoms. The van der Waals surface area contributed by atoms with Crippen LogP contribution in [0.2, 0.25) is 0 Å². The Morgan fingerprint density at radius 3 is 2.00 bits per heavy atom. The zero-order valence-electron chi connectivity index (χ0n) is 15.6. The molecule has 0 heterocycles. The molecular weight excluding hydrogens is 300 g/mol. The first-order valence-electron chi connectivity index (χ1n) is 9.50. The second-order valence-electron chi connectivity index (χ2n) is 9.16. The first kappa shape index (κ1) is 15.2. The largest absolute Gasteiger partial charge is 0.0738 e. The highest BCUT2D eigenvalue weighted by Gasteiger charge is 2.57. The first-order chi connectivity index (χ1) is 11.9. The van der Waals surface area contributed by atoms with Gasteiger partial charge in [0.15, 0.2) is 0 Å². The molecule has 0 nitrogen and oxygen atoms in total. The fraction of sp³-hybridized carbons (Fsp3) is 0.360. The van der Waals surface area contributed by atoms with E-state index >= 15 is 0 Å². The summed E-state index contributed by atoms with van der Waals surface area (Å²) in [6, 6.07) is 18.2. The number of hydrogen-bond donors (Lipinski definition) is 0. The van der Waals surface area contributed by atoms with E-state index in [1.54, 1.807) is 5.57 Å². The molecule has 5 rings (SSSR count). The van der Waals surface area contributed by atoms with Gasteiger partial charge in [0.25, 0.3) is 0 Å². The fourth-order valence-corrected chi connectivity index (χ4v) is 6.21. The molecule has 1 fully saturated rings. The molecule has 3 aliphatic rings. The van der Waals surface area contributed by atoms with Crippen molar-refractivity contribution in [2.45, 2.75) is 40.0 Å². The van der Waals surface area contributed by atoms with E-state index in [4.69, 9.17) is 0 Å². The first-order valence-corrected chi connectivity index (χ1v) is 9.50. The third-order valence-electron chi connectivity index (χ3n) is 6.96. The molecule has 2 unspecified atom stereocenters. The highest BCUT2D eigenvalue weighted by Crippen LogP contribution is 2.67. The molecule has 2 aromatic rings. The van der Waals surface area contributed by atoms with Crippen molar-refractivity contribution in [2.75, 3.05) is 0 Å². The molecule has 0 heteroatoms. The molecule has 0 bridgehead atoms. The van der Waals surface area contributed by atoms with Crippen LogP contribution in [-0.2, 0) is 0 Å². The van der Waals surface area contributed by atoms with Crippen LogP contribution in [0.4, 0.5) is 0 Å². The van der Waals surface area contributed by atoms with Crippen molar-refractivity contribution in [1.82, 2.24) is 0 Å². The summed E-state index contributed by atoms with van der Waals surface area (Å²) in [7, 11) is 0. The predicted octanol–water partition coefficient (Wildman–Crippen LogP) is 6.74. The van der Waals surface area contributed by atoms with Gasteiger partial charge in [-0.2, -0.15) is 0 Å². The Morgan fingerprint density at radius 2 is 1.40 bits per heavy atom. The van der Waals surface area contributed by atoms with Crippen molar-refractivity contribution in [3.63, 3.8) is 0 Å². The second kappa shape index (κ2) is 4.75. The third kappa shape index (κ3) is 1.89. The van der Waals surface area contributed by atoms with Gasteiger partial charge in [-0.15, -0.1) is 0 Å². The van der Waals surface area contributed by atoms with Gasteiger partial charge in [0.05, 0.1) is 0 Å². The van der Waals surface area contributed by atoms with Gasteiger partial charge in [-0.05, 0) is 46.4 Å². The molecule has 0 radical (unpaired) electrons. The molecule has 0 saturated heterocycles. The van der Waals surface area contributed by atoms with Crippen LogP contribution in [-0.4, -0.2) is 0 Å². The van der Waals surface area contributed by atoms with Crippen LogP contribution in [0.15, 0.2) is 71.8 Å². The summed E-state index contributed by atoms with van der Waals surface area (Å²) < 4.78 is 0. The fourth-order valence-electron chi connectivity index (χ4n) is 6.21. The van der Waals surface area contributed by atoms with Gasteiger partial charge < -0.3 is 0 Å². The van der Waals surface area contributed by atoms with E-state index in [2.05, 4.69) is 88.4 Å². The van der Waals surface area contributed by atoms with E-state index in [-0.39, 0.29) is 10.8 Å². The van der Waals surface area contributed by atoms with E-state index in [0.717, 1.165) is 0 Å². The van der Waals surface area contributed by atoms with E-state index in [1.165, 1.54) is 34.2 Å². The minimum absolute atomic E-state index is 0.232. The normalized spacial score (nSPS) is 29.0. The topological polar surface area (TPSA) is 0 Å². The number of rotatable bonds is 1. The highest BCUT2D eigenvalue weighted by molar-refractivity contribution is 5.79. The maximum absolute atomic E-state index is 2.54. The van der Waals surface area contributed by atoms with E-state index in [0.29, 0.717) is 11.8 Å². The molecule has 1 saturated carbocycles. The summed E-state index contributed by atoms with van der Waals surface area (Å²) >= 11 is 0. The average Bonchev–Trinajstić information content (AvgIpc) is 3.18. The lowest BCUT2D eigenvalue weighted by Crippen LogP contribution is -2.29. The number of allylic oxidation sites excluding steroid dienone is 4. The summed E-state index contributed by atoms with van der Waals surface area (Å²) in [5, 5.41) is 0. The summed E-state index contributed by atoms with van der Waals surface area (Å²) in [4.78, 5) is 0. The molecular formula is C25H26. The van der Waals surface area contributed by atoms with Crippen LogP contribution in [0.5, 0.6) is 0 Å². The molecule has 0 N–H and O–H groups in total. The molecule has 2 aromatic carbocycles. The van der Waals surface area contributed by atoms with Crippen LogP contribution >= 0.6 is 0 Å². The maximum Gasteiger partial charge on any atom is 0.0164 e. The van der Waals surface area contributed by atoms with Gasteiger partial charge in [0.1, 0.15) is 0 Å². The SMILES string of the molecule is CC1=CC2C(=C1)C(C)(C)CC2(C)C1c2ccccc2-c2ccccc21. The van der Waals surface area contributed by atoms with E-state index in [1.807, 2.05) is 0 Å². The second-order valence-corrected chi connectivity index (χ2v) is 9.16. The standard InChI is InChI=1S/C25H26/c1-16-13-21-22(14-16)25(4,15-24(21,2)3)23-19-11-7-5-9-17(19)18-10-6-8-12-20(18)23/h5-14,22-23H,15H2,1-4H3. The van der Waals surface area contributed by atoms with Crippen LogP contribution < -0.4 is 0 Å². The molecule has 2 atom stereocenters. The lowest BCUT2D eigenvalue weighted by molar-refractivity contribution is 0.220. The quantitative estimate of drug-likeness (QED) is 0.544. The Bertz CT molecular complexity index is 895. The van der Waals surface area contributed by atoms with Crippen molar-refractivity contribution in [1.29, 1.82) is 0 Å². The Kier molecular flexibility index (Phi) is 2.89. The molecule has 3 aliphatic carbocycles. The molecule has 0 amide bonds. The van der Waals surface area contributed by atoms with Crippen LogP contribution in [0.3, 0.4) is 0 Å². The zero-order chi connectivity index (χ0) is 17.4. The lowest BCUT2D eigenvalue weighted by Gasteiger charge is -2.38. The van der Waals surface area contributed by atoms with Crippen LogP contribution in [0, 0.1) is 16.7 Å². The van der Waals surface area contributed by atoms with Crippen molar-refractivity contribution < 1.29 is 0 Å². The Balaban J connectivity index is 1.75. The zero-order valence-corrected chi connectivity index (χ0v) is 15.6. The summed E-state index contributed by atoms with van der Waals surface area (Å²) in [5.74, 6) is 1.05. The average molecular weight is 326 g/mol. The van der Waals surface area contributed by atoms with E-state index < -0.39 is 0 Å². The number of fused-ring (bicyclic) bond motifs is 4. The summed E-state index contributed by atoms with van der Waals surface area (Å²) in [5.41, 5.74) is 9.54. The van der Waals surface area contributed by atoms with Gasteiger partial charge >= 0.3 is 0 Å². The third-order valence-corrected chi connectivity index (χ3v) is 6.96. The number of hydrogen-bond acceptors (Lipinski definition) is 0. The predicted molar refractivity (Wildman–Crippen MR) is 106 cm³/mol. The van der Waals surface area contributed by atoms with Crippen molar-refractivity contribution in [3.05, 3.63) is 83.0 Å². The van der Waals surface area contributed by atoms with E-state index in [9.17, 15) is 0 Å². The Hall–Kier alpha value is -2.08. The van der Waals surface area contributed by atoms with Crippen molar-refractivity contribution in [2.24, 2.45) is 16.7 Å². The van der Waals surface area contributed by atoms with Gasteiger partial charge in [0, 0.05) is 11.8 Å². The molecule has 126 valence electrons. The number of benzene rings is 2. The van der Waals surface area contributed by atoms with Crippen LogP contribution in [0.25, 0.3) is 11.1 Å². The maximum atomic E-state index is 2.54. The van der Waals surface area contributed by atoms with Gasteiger partial charge in [0.2, 0.25) is 0 Å². The Morgan fingerprint density at radius 1 is 0.840 bits per heavy atom. The Labute approximate surface area is 151 Å². The summed E-state index contributed by atoms with van der Waals surface area (Å²) in [6.45, 7) is 9.68. The van der Waals surface area contributed by atoms with Crippen molar-refractivity contribution >= 4 is 0 Å². The van der Waals surface area contributed by atoms with Gasteiger partial charge in [-0.3, -0.25) is 0 Å². The van der Waals surface area contributed by atoms with Gasteiger partial charge in [-0.1, -0.05) is 92.6 Å². The van der Waals surface area contributed by atoms with Gasteiger partial charge in [-0.25, -0.2) is 0 Å². The lowest BCUT2D eigenvalue weighted by atomic mass is 9.65.